The van der Waals surface area contributed by atoms with E-state index in [2.05, 4.69) is 26.6 Å². The molecule has 1 amide bonds. The molecule has 0 aliphatic heterocycles. The van der Waals surface area contributed by atoms with Gasteiger partial charge in [-0.2, -0.15) is 0 Å². The lowest BCUT2D eigenvalue weighted by atomic mass is 10.1. The van der Waals surface area contributed by atoms with Crippen molar-refractivity contribution in [3.8, 4) is 0 Å². The normalized spacial score (nSPS) is 12.2. The molecule has 0 saturated carbocycles. The maximum Gasteiger partial charge on any atom is 0.228 e. The van der Waals surface area contributed by atoms with Crippen LogP contribution in [0.2, 0.25) is 5.02 Å². The maximum atomic E-state index is 11.7. The second kappa shape index (κ2) is 6.23. The fourth-order valence-electron chi connectivity index (χ4n) is 1.25. The molecule has 0 radical (unpaired) electrons. The zero-order valence-electron chi connectivity index (χ0n) is 9.18. The molecule has 5 heteroatoms. The number of hydrogen-bond donors (Lipinski definition) is 2. The first-order valence-corrected chi connectivity index (χ1v) is 6.12. The number of nitrogens with one attached hydrogen (secondary N) is 2. The zero-order valence-corrected chi connectivity index (χ0v) is 11.5. The van der Waals surface area contributed by atoms with Gasteiger partial charge in [0, 0.05) is 16.9 Å². The summed E-state index contributed by atoms with van der Waals surface area (Å²) in [6.07, 6.45) is 0. The zero-order chi connectivity index (χ0) is 12.1. The van der Waals surface area contributed by atoms with E-state index in [9.17, 15) is 4.79 Å². The number of rotatable bonds is 4. The third-order valence-corrected chi connectivity index (χ3v) is 2.95. The van der Waals surface area contributed by atoms with Crippen molar-refractivity contribution in [2.75, 3.05) is 18.9 Å². The van der Waals surface area contributed by atoms with Crippen LogP contribution in [0.15, 0.2) is 22.7 Å². The van der Waals surface area contributed by atoms with Crippen LogP contribution >= 0.6 is 27.5 Å². The lowest BCUT2D eigenvalue weighted by Crippen LogP contribution is -2.28. The molecule has 0 heterocycles. The van der Waals surface area contributed by atoms with Crippen molar-refractivity contribution < 1.29 is 4.79 Å². The van der Waals surface area contributed by atoms with Gasteiger partial charge in [0.1, 0.15) is 0 Å². The third kappa shape index (κ3) is 3.77. The molecule has 0 spiro atoms. The second-order valence-corrected chi connectivity index (χ2v) is 4.90. The van der Waals surface area contributed by atoms with Crippen LogP contribution in [-0.4, -0.2) is 19.5 Å². The summed E-state index contributed by atoms with van der Waals surface area (Å²) in [6.45, 7) is 2.50. The lowest BCUT2D eigenvalue weighted by molar-refractivity contribution is -0.119. The summed E-state index contributed by atoms with van der Waals surface area (Å²) in [4.78, 5) is 11.7. The lowest BCUT2D eigenvalue weighted by Gasteiger charge is -2.12. The predicted octanol–water partition coefficient (Wildman–Crippen LogP) is 2.90. The summed E-state index contributed by atoms with van der Waals surface area (Å²) in [5.74, 6) is -0.136. The van der Waals surface area contributed by atoms with Gasteiger partial charge >= 0.3 is 0 Å². The van der Waals surface area contributed by atoms with Crippen LogP contribution in [0, 0.1) is 5.92 Å². The Bertz CT molecular complexity index is 384. The summed E-state index contributed by atoms with van der Waals surface area (Å²) >= 11 is 9.30. The summed E-state index contributed by atoms with van der Waals surface area (Å²) in [5.41, 5.74) is 0.637. The Kier molecular flexibility index (Phi) is 5.25. The monoisotopic (exact) mass is 304 g/mol. The highest BCUT2D eigenvalue weighted by Gasteiger charge is 2.13. The second-order valence-electron chi connectivity index (χ2n) is 3.57. The Morgan fingerprint density at radius 2 is 2.25 bits per heavy atom. The molecule has 0 saturated heterocycles. The van der Waals surface area contributed by atoms with Gasteiger partial charge in [0.05, 0.1) is 10.7 Å². The molecular formula is C11H14BrClN2O. The molecule has 0 fully saturated rings. The highest BCUT2D eigenvalue weighted by molar-refractivity contribution is 9.10. The smallest absolute Gasteiger partial charge is 0.228 e. The predicted molar refractivity (Wildman–Crippen MR) is 70.9 cm³/mol. The van der Waals surface area contributed by atoms with Crippen LogP contribution in [0.4, 0.5) is 5.69 Å². The van der Waals surface area contributed by atoms with Crippen molar-refractivity contribution in [1.29, 1.82) is 0 Å². The molecular weight excluding hydrogens is 291 g/mol. The van der Waals surface area contributed by atoms with E-state index >= 15 is 0 Å². The minimum atomic E-state index is -0.0929. The molecule has 2 N–H and O–H groups in total. The summed E-state index contributed by atoms with van der Waals surface area (Å²) in [5, 5.41) is 6.27. The molecule has 0 bridgehead atoms. The fourth-order valence-corrected chi connectivity index (χ4v) is 1.97. The van der Waals surface area contributed by atoms with Gasteiger partial charge in [-0.15, -0.1) is 0 Å². The van der Waals surface area contributed by atoms with Crippen molar-refractivity contribution >= 4 is 39.1 Å². The number of carbonyl (C=O) groups excluding carboxylic acids is 1. The minimum Gasteiger partial charge on any atom is -0.324 e. The highest BCUT2D eigenvalue weighted by Crippen LogP contribution is 2.25. The fraction of sp³-hybridized carbons (Fsp3) is 0.364. The van der Waals surface area contributed by atoms with Gasteiger partial charge in [0.25, 0.3) is 0 Å². The molecule has 1 unspecified atom stereocenters. The molecule has 1 atom stereocenters. The highest BCUT2D eigenvalue weighted by atomic mass is 79.9. The molecule has 3 nitrogen and oxygen atoms in total. The Morgan fingerprint density at radius 1 is 1.56 bits per heavy atom. The number of anilines is 1. The van der Waals surface area contributed by atoms with Crippen LogP contribution < -0.4 is 10.6 Å². The number of benzene rings is 1. The van der Waals surface area contributed by atoms with E-state index in [0.717, 1.165) is 4.47 Å². The molecule has 1 aromatic carbocycles. The van der Waals surface area contributed by atoms with Gasteiger partial charge in [0.15, 0.2) is 0 Å². The molecule has 16 heavy (non-hydrogen) atoms. The topological polar surface area (TPSA) is 41.1 Å². The van der Waals surface area contributed by atoms with Gasteiger partial charge in [-0.05, 0) is 25.2 Å². The average Bonchev–Trinajstić information content (AvgIpc) is 2.22. The first-order chi connectivity index (χ1) is 7.54. The maximum absolute atomic E-state index is 11.7. The number of halogens is 2. The van der Waals surface area contributed by atoms with Gasteiger partial charge in [-0.25, -0.2) is 0 Å². The van der Waals surface area contributed by atoms with Crippen LogP contribution in [-0.2, 0) is 4.79 Å². The van der Waals surface area contributed by atoms with Crippen molar-refractivity contribution in [2.45, 2.75) is 6.92 Å². The van der Waals surface area contributed by atoms with Crippen molar-refractivity contribution in [3.05, 3.63) is 27.7 Å². The van der Waals surface area contributed by atoms with Crippen LogP contribution in [0.25, 0.3) is 0 Å². The van der Waals surface area contributed by atoms with Crippen molar-refractivity contribution in [3.63, 3.8) is 0 Å². The van der Waals surface area contributed by atoms with Gasteiger partial charge < -0.3 is 10.6 Å². The quantitative estimate of drug-likeness (QED) is 0.898. The van der Waals surface area contributed by atoms with Gasteiger partial charge in [0.2, 0.25) is 5.91 Å². The largest absolute Gasteiger partial charge is 0.324 e. The van der Waals surface area contributed by atoms with E-state index < -0.39 is 0 Å². The Balaban J connectivity index is 2.69. The Hall–Kier alpha value is -0.580. The number of carbonyl (C=O) groups is 1. The van der Waals surface area contributed by atoms with E-state index in [1.807, 2.05) is 20.0 Å². The van der Waals surface area contributed by atoms with E-state index in [1.54, 1.807) is 12.1 Å². The van der Waals surface area contributed by atoms with E-state index in [0.29, 0.717) is 17.3 Å². The molecule has 0 aromatic heterocycles. The third-order valence-electron chi connectivity index (χ3n) is 2.15. The van der Waals surface area contributed by atoms with Crippen molar-refractivity contribution in [2.24, 2.45) is 5.92 Å². The van der Waals surface area contributed by atoms with Gasteiger partial charge in [-0.3, -0.25) is 4.79 Å². The summed E-state index contributed by atoms with van der Waals surface area (Å²) in [6, 6.07) is 5.36. The summed E-state index contributed by atoms with van der Waals surface area (Å²) in [7, 11) is 1.82. The van der Waals surface area contributed by atoms with Crippen LogP contribution in [0.5, 0.6) is 0 Å². The van der Waals surface area contributed by atoms with Crippen molar-refractivity contribution in [1.82, 2.24) is 5.32 Å². The Labute approximate surface area is 109 Å². The first-order valence-electron chi connectivity index (χ1n) is 4.95. The van der Waals surface area contributed by atoms with E-state index in [1.165, 1.54) is 0 Å². The molecule has 88 valence electrons. The van der Waals surface area contributed by atoms with Crippen LogP contribution in [0.1, 0.15) is 6.92 Å². The molecule has 1 aromatic rings. The standard InChI is InChI=1S/C11H14BrClN2O/c1-7(6-14-2)11(16)15-10-4-3-8(12)5-9(10)13/h3-5,7,14H,6H2,1-2H3,(H,15,16). The molecule has 0 aliphatic rings. The van der Waals surface area contributed by atoms with Crippen LogP contribution in [0.3, 0.4) is 0 Å². The molecule has 1 rings (SSSR count). The molecule has 0 aliphatic carbocycles. The van der Waals surface area contributed by atoms with Gasteiger partial charge in [-0.1, -0.05) is 34.5 Å². The van der Waals surface area contributed by atoms with E-state index in [-0.39, 0.29) is 11.8 Å². The Morgan fingerprint density at radius 3 is 2.81 bits per heavy atom. The number of amides is 1. The summed E-state index contributed by atoms with van der Waals surface area (Å²) < 4.78 is 0.888. The number of hydrogen-bond acceptors (Lipinski definition) is 2. The van der Waals surface area contributed by atoms with E-state index in [4.69, 9.17) is 11.6 Å². The minimum absolute atomic E-state index is 0.0430. The average molecular weight is 306 g/mol. The SMILES string of the molecule is CNCC(C)C(=O)Nc1ccc(Br)cc1Cl. The first kappa shape index (κ1) is 13.5.